The number of carbonyl (C=O) groups excluding carboxylic acids is 2. The van der Waals surface area contributed by atoms with Crippen molar-refractivity contribution in [3.05, 3.63) is 88.5 Å². The Kier molecular flexibility index (Phi) is 4.55. The van der Waals surface area contributed by atoms with E-state index in [9.17, 15) is 14.9 Å². The molecular weight excluding hydrogens is 382 g/mol. The largest absolute Gasteiger partial charge is 0.457 e. The van der Waals surface area contributed by atoms with Gasteiger partial charge in [0.2, 0.25) is 11.8 Å². The molecule has 2 aromatic rings. The highest BCUT2D eigenvalue weighted by Gasteiger charge is 2.61. The van der Waals surface area contributed by atoms with E-state index in [4.69, 9.17) is 15.2 Å². The lowest BCUT2D eigenvalue weighted by atomic mass is 9.68. The lowest BCUT2D eigenvalue weighted by Gasteiger charge is -2.34. The number of rotatable bonds is 3. The first-order valence-corrected chi connectivity index (χ1v) is 9.31. The minimum Gasteiger partial charge on any atom is -0.457 e. The normalized spacial score (nSPS) is 20.2. The number of benzene rings is 2. The van der Waals surface area contributed by atoms with Crippen molar-refractivity contribution in [2.24, 2.45) is 5.73 Å². The molecule has 2 aliphatic rings. The fraction of sp³-hybridized carbons (Fsp3) is 0.174. The third-order valence-corrected chi connectivity index (χ3v) is 5.53. The van der Waals surface area contributed by atoms with Gasteiger partial charge in [-0.1, -0.05) is 48.5 Å². The lowest BCUT2D eigenvalue weighted by Crippen LogP contribution is -2.46. The molecule has 2 N–H and O–H groups in total. The number of carbonyl (C=O) groups is 2. The molecule has 0 saturated carbocycles. The summed E-state index contributed by atoms with van der Waals surface area (Å²) in [4.78, 5) is 28.2. The molecule has 1 unspecified atom stereocenters. The van der Waals surface area contributed by atoms with Gasteiger partial charge in [0, 0.05) is 18.3 Å². The second kappa shape index (κ2) is 7.08. The van der Waals surface area contributed by atoms with Crippen LogP contribution in [-0.2, 0) is 26.3 Å². The zero-order valence-corrected chi connectivity index (χ0v) is 16.5. The Morgan fingerprint density at radius 3 is 2.57 bits per heavy atom. The summed E-state index contributed by atoms with van der Waals surface area (Å²) in [6.07, 6.45) is 0. The number of esters is 1. The van der Waals surface area contributed by atoms with Crippen LogP contribution in [0.1, 0.15) is 18.1 Å². The summed E-state index contributed by atoms with van der Waals surface area (Å²) in [6.45, 7) is 1.68. The van der Waals surface area contributed by atoms with Crippen LogP contribution in [0, 0.1) is 11.3 Å². The van der Waals surface area contributed by atoms with E-state index >= 15 is 0 Å². The minimum atomic E-state index is -1.71. The van der Waals surface area contributed by atoms with Crippen LogP contribution in [0.15, 0.2) is 77.3 Å². The van der Waals surface area contributed by atoms with Gasteiger partial charge < -0.3 is 20.1 Å². The molecule has 7 nitrogen and oxygen atoms in total. The van der Waals surface area contributed by atoms with Crippen molar-refractivity contribution in [3.8, 4) is 11.8 Å². The molecule has 0 saturated heterocycles. The number of nitrogens with two attached hydrogens (primary N) is 1. The van der Waals surface area contributed by atoms with E-state index < -0.39 is 17.3 Å². The zero-order chi connectivity index (χ0) is 21.5. The smallest absolute Gasteiger partial charge is 0.337 e. The van der Waals surface area contributed by atoms with Crippen molar-refractivity contribution in [2.45, 2.75) is 18.9 Å². The quantitative estimate of drug-likeness (QED) is 0.792. The van der Waals surface area contributed by atoms with E-state index in [0.717, 1.165) is 5.56 Å². The van der Waals surface area contributed by atoms with Gasteiger partial charge in [0.15, 0.2) is 5.41 Å². The van der Waals surface area contributed by atoms with Crippen LogP contribution >= 0.6 is 0 Å². The van der Waals surface area contributed by atoms with Crippen LogP contribution in [-0.4, -0.2) is 23.8 Å². The van der Waals surface area contributed by atoms with Crippen LogP contribution < -0.4 is 10.5 Å². The molecule has 0 bridgehead atoms. The molecule has 0 fully saturated rings. The minimum absolute atomic E-state index is 0.0314. The van der Waals surface area contributed by atoms with Crippen molar-refractivity contribution in [1.29, 1.82) is 5.26 Å². The van der Waals surface area contributed by atoms with E-state index in [1.54, 1.807) is 38.2 Å². The fourth-order valence-electron chi connectivity index (χ4n) is 4.02. The lowest BCUT2D eigenvalue weighted by molar-refractivity contribution is -0.142. The molecule has 2 aliphatic heterocycles. The molecule has 150 valence electrons. The Balaban J connectivity index is 1.88. The van der Waals surface area contributed by atoms with Gasteiger partial charge in [-0.25, -0.2) is 4.79 Å². The number of nitrogens with zero attached hydrogens (tertiary/aromatic N) is 2. The Hall–Kier alpha value is -4.05. The topological polar surface area (TPSA) is 106 Å². The number of hydrogen-bond donors (Lipinski definition) is 1. The maximum atomic E-state index is 13.5. The first kappa shape index (κ1) is 19.3. The maximum absolute atomic E-state index is 13.5. The van der Waals surface area contributed by atoms with Crippen molar-refractivity contribution in [1.82, 2.24) is 4.90 Å². The summed E-state index contributed by atoms with van der Waals surface area (Å²) in [7, 11) is 1.56. The molecule has 30 heavy (non-hydrogen) atoms. The summed E-state index contributed by atoms with van der Waals surface area (Å²) >= 11 is 0. The Morgan fingerprint density at radius 2 is 1.87 bits per heavy atom. The molecule has 0 radical (unpaired) electrons. The van der Waals surface area contributed by atoms with Crippen molar-refractivity contribution in [3.63, 3.8) is 0 Å². The van der Waals surface area contributed by atoms with Gasteiger partial charge >= 0.3 is 5.97 Å². The zero-order valence-electron chi connectivity index (χ0n) is 16.5. The van der Waals surface area contributed by atoms with E-state index in [0.29, 0.717) is 17.0 Å². The van der Waals surface area contributed by atoms with Gasteiger partial charge in [-0.15, -0.1) is 0 Å². The molecule has 2 heterocycles. The van der Waals surface area contributed by atoms with E-state index in [1.165, 1.54) is 4.90 Å². The SMILES string of the molecule is CC1=C(C(=O)OCc2ccccc2)C2(C(=O)N1C)C(C#N)=C(N)Oc1ccccc12. The molecule has 0 aromatic heterocycles. The number of para-hydroxylation sites is 1. The number of nitriles is 1. The van der Waals surface area contributed by atoms with Gasteiger partial charge in [-0.2, -0.15) is 5.26 Å². The first-order valence-electron chi connectivity index (χ1n) is 9.31. The Bertz CT molecular complexity index is 1160. The number of ether oxygens (including phenoxy) is 2. The molecule has 0 aliphatic carbocycles. The molecule has 1 atom stereocenters. The summed E-state index contributed by atoms with van der Waals surface area (Å²) < 4.78 is 11.1. The highest BCUT2D eigenvalue weighted by atomic mass is 16.5. The standard InChI is InChI=1S/C23H19N3O4/c1-14-19(21(27)29-13-15-8-4-3-5-9-15)23(22(28)26(14)2)16-10-6-7-11-18(16)30-20(25)17(23)12-24/h3-11H,13,25H2,1-2H3. The second-order valence-electron chi connectivity index (χ2n) is 7.09. The van der Waals surface area contributed by atoms with Crippen LogP contribution in [0.4, 0.5) is 0 Å². The van der Waals surface area contributed by atoms with Gasteiger partial charge in [0.1, 0.15) is 24.0 Å². The van der Waals surface area contributed by atoms with Gasteiger partial charge in [-0.05, 0) is 18.6 Å². The molecule has 4 rings (SSSR count). The van der Waals surface area contributed by atoms with E-state index in [2.05, 4.69) is 0 Å². The number of amides is 1. The molecule has 2 aromatic carbocycles. The molecule has 7 heteroatoms. The average molecular weight is 401 g/mol. The molecular formula is C23H19N3O4. The third kappa shape index (κ3) is 2.58. The summed E-state index contributed by atoms with van der Waals surface area (Å²) in [5, 5.41) is 9.90. The van der Waals surface area contributed by atoms with E-state index in [-0.39, 0.29) is 23.6 Å². The van der Waals surface area contributed by atoms with Gasteiger partial charge in [-0.3, -0.25) is 4.79 Å². The summed E-state index contributed by atoms with van der Waals surface area (Å²) in [5.41, 5.74) is 5.86. The highest BCUT2D eigenvalue weighted by molar-refractivity contribution is 6.12. The number of likely N-dealkylation sites (N-methyl/N-ethyl adjacent to an activating group) is 1. The number of allylic oxidation sites excluding steroid dienone is 1. The summed E-state index contributed by atoms with van der Waals surface area (Å²) in [6, 6.07) is 18.0. The summed E-state index contributed by atoms with van der Waals surface area (Å²) in [5.74, 6) is -1.03. The van der Waals surface area contributed by atoms with Crippen LogP contribution in [0.25, 0.3) is 0 Å². The third-order valence-electron chi connectivity index (χ3n) is 5.53. The number of hydrogen-bond acceptors (Lipinski definition) is 6. The van der Waals surface area contributed by atoms with Crippen molar-refractivity contribution in [2.75, 3.05) is 7.05 Å². The Morgan fingerprint density at radius 1 is 1.20 bits per heavy atom. The Labute approximate surface area is 173 Å². The molecule has 1 spiro atoms. The molecule has 1 amide bonds. The monoisotopic (exact) mass is 401 g/mol. The van der Waals surface area contributed by atoms with Crippen molar-refractivity contribution >= 4 is 11.9 Å². The van der Waals surface area contributed by atoms with Gasteiger partial charge in [0.05, 0.1) is 5.57 Å². The van der Waals surface area contributed by atoms with Crippen LogP contribution in [0.5, 0.6) is 5.75 Å². The second-order valence-corrected chi connectivity index (χ2v) is 7.09. The van der Waals surface area contributed by atoms with Crippen LogP contribution in [0.2, 0.25) is 0 Å². The predicted molar refractivity (Wildman–Crippen MR) is 107 cm³/mol. The average Bonchev–Trinajstić information content (AvgIpc) is 2.95. The highest BCUT2D eigenvalue weighted by Crippen LogP contribution is 2.53. The fourth-order valence-corrected chi connectivity index (χ4v) is 4.02. The predicted octanol–water partition coefficient (Wildman–Crippen LogP) is 2.50. The van der Waals surface area contributed by atoms with Crippen molar-refractivity contribution < 1.29 is 19.1 Å². The van der Waals surface area contributed by atoms with Crippen LogP contribution in [0.3, 0.4) is 0 Å². The first-order chi connectivity index (χ1) is 14.4. The number of fused-ring (bicyclic) bond motifs is 2. The van der Waals surface area contributed by atoms with E-state index in [1.807, 2.05) is 36.4 Å². The van der Waals surface area contributed by atoms with Gasteiger partial charge in [0.25, 0.3) is 0 Å². The maximum Gasteiger partial charge on any atom is 0.337 e.